The Labute approximate surface area is 171 Å². The minimum atomic E-state index is -4.42. The summed E-state index contributed by atoms with van der Waals surface area (Å²) in [7, 11) is 0. The van der Waals surface area contributed by atoms with Crippen molar-refractivity contribution in [2.24, 2.45) is 11.8 Å². The van der Waals surface area contributed by atoms with Gasteiger partial charge in [0.25, 0.3) is 0 Å². The Morgan fingerprint density at radius 3 is 2.57 bits per heavy atom. The van der Waals surface area contributed by atoms with Crippen molar-refractivity contribution in [2.45, 2.75) is 19.5 Å². The zero-order valence-corrected chi connectivity index (χ0v) is 16.3. The lowest BCUT2D eigenvalue weighted by atomic mass is 10.0. The van der Waals surface area contributed by atoms with Crippen molar-refractivity contribution >= 4 is 34.4 Å². The van der Waals surface area contributed by atoms with Crippen LogP contribution < -0.4 is 10.2 Å². The first-order valence-electron chi connectivity index (χ1n) is 9.93. The molecule has 1 aliphatic carbocycles. The molecule has 7 heteroatoms. The highest BCUT2D eigenvalue weighted by molar-refractivity contribution is 6.08. The number of piperidine rings is 1. The number of nitrogens with one attached hydrogen (secondary N) is 1. The van der Waals surface area contributed by atoms with Gasteiger partial charge in [0.15, 0.2) is 6.29 Å². The molecular formula is C23H20F3N3O. The maximum absolute atomic E-state index is 13.1. The molecule has 2 unspecified atom stereocenters. The fourth-order valence-corrected chi connectivity index (χ4v) is 4.49. The summed E-state index contributed by atoms with van der Waals surface area (Å²) in [5.41, 5.74) is 1.04. The average molecular weight is 411 g/mol. The number of anilines is 3. The number of halogens is 3. The first-order chi connectivity index (χ1) is 14.3. The number of hydrogen-bond donors (Lipinski definition) is 1. The van der Waals surface area contributed by atoms with Crippen molar-refractivity contribution in [1.82, 2.24) is 4.98 Å². The van der Waals surface area contributed by atoms with Gasteiger partial charge in [-0.25, -0.2) is 4.98 Å². The van der Waals surface area contributed by atoms with Crippen LogP contribution in [0.4, 0.5) is 30.5 Å². The van der Waals surface area contributed by atoms with Crippen LogP contribution in [-0.4, -0.2) is 24.4 Å². The third kappa shape index (κ3) is 3.18. The lowest BCUT2D eigenvalue weighted by molar-refractivity contribution is -0.137. The lowest BCUT2D eigenvalue weighted by Crippen LogP contribution is -2.25. The van der Waals surface area contributed by atoms with Crippen LogP contribution >= 0.6 is 0 Å². The van der Waals surface area contributed by atoms with E-state index in [0.717, 1.165) is 42.5 Å². The smallest absolute Gasteiger partial charge is 0.355 e. The predicted molar refractivity (Wildman–Crippen MR) is 110 cm³/mol. The highest BCUT2D eigenvalue weighted by Gasteiger charge is 2.46. The van der Waals surface area contributed by atoms with E-state index in [9.17, 15) is 18.0 Å². The number of pyridine rings is 1. The molecule has 2 fully saturated rings. The number of hydrogen-bond acceptors (Lipinski definition) is 4. The van der Waals surface area contributed by atoms with Gasteiger partial charge in [0.2, 0.25) is 0 Å². The van der Waals surface area contributed by atoms with Gasteiger partial charge in [0.05, 0.1) is 11.1 Å². The minimum absolute atomic E-state index is 0.300. The zero-order chi connectivity index (χ0) is 21.0. The van der Waals surface area contributed by atoms with Gasteiger partial charge in [-0.3, -0.25) is 4.79 Å². The van der Waals surface area contributed by atoms with Crippen LogP contribution in [0.2, 0.25) is 0 Å². The van der Waals surface area contributed by atoms with Gasteiger partial charge >= 0.3 is 6.18 Å². The number of rotatable bonds is 4. The summed E-state index contributed by atoms with van der Waals surface area (Å²) in [6.45, 7) is 3.65. The molecule has 1 aliphatic heterocycles. The highest BCUT2D eigenvalue weighted by atomic mass is 19.4. The van der Waals surface area contributed by atoms with Crippen molar-refractivity contribution in [2.75, 3.05) is 23.3 Å². The Hall–Kier alpha value is -3.09. The van der Waals surface area contributed by atoms with Crippen LogP contribution in [0.15, 0.2) is 42.5 Å². The van der Waals surface area contributed by atoms with E-state index in [-0.39, 0.29) is 0 Å². The van der Waals surface area contributed by atoms with Crippen LogP contribution in [0.5, 0.6) is 0 Å². The van der Waals surface area contributed by atoms with Gasteiger partial charge in [-0.2, -0.15) is 13.2 Å². The third-order valence-electron chi connectivity index (χ3n) is 6.10. The molecule has 154 valence electrons. The zero-order valence-electron chi connectivity index (χ0n) is 16.3. The topological polar surface area (TPSA) is 45.2 Å². The van der Waals surface area contributed by atoms with Crippen molar-refractivity contribution in [3.63, 3.8) is 0 Å². The Morgan fingerprint density at radius 1 is 1.13 bits per heavy atom. The van der Waals surface area contributed by atoms with E-state index in [1.807, 2.05) is 25.1 Å². The van der Waals surface area contributed by atoms with Crippen LogP contribution in [0.3, 0.4) is 0 Å². The number of nitrogens with zero attached hydrogens (tertiary/aromatic N) is 2. The fourth-order valence-electron chi connectivity index (χ4n) is 4.49. The summed E-state index contributed by atoms with van der Waals surface area (Å²) >= 11 is 0. The maximum atomic E-state index is 13.1. The Morgan fingerprint density at radius 2 is 1.87 bits per heavy atom. The van der Waals surface area contributed by atoms with E-state index in [4.69, 9.17) is 4.98 Å². The number of fused-ring (bicyclic) bond motifs is 2. The molecule has 0 spiro atoms. The Kier molecular flexibility index (Phi) is 4.24. The molecule has 0 amide bonds. The fraction of sp³-hybridized carbons (Fsp3) is 0.304. The van der Waals surface area contributed by atoms with Crippen molar-refractivity contribution in [3.05, 3.63) is 59.2 Å². The minimum Gasteiger partial charge on any atom is -0.355 e. The van der Waals surface area contributed by atoms with Crippen molar-refractivity contribution in [3.8, 4) is 0 Å². The molecule has 2 atom stereocenters. The Bertz CT molecular complexity index is 1150. The molecule has 1 saturated heterocycles. The summed E-state index contributed by atoms with van der Waals surface area (Å²) in [6, 6.07) is 10.7. The molecule has 3 aromatic rings. The van der Waals surface area contributed by atoms with Gasteiger partial charge in [-0.1, -0.05) is 24.3 Å². The molecule has 2 aromatic carbocycles. The molecule has 2 aliphatic rings. The molecule has 2 heterocycles. The van der Waals surface area contributed by atoms with Crippen molar-refractivity contribution in [1.29, 1.82) is 0 Å². The average Bonchev–Trinajstić information content (AvgIpc) is 3.33. The summed E-state index contributed by atoms with van der Waals surface area (Å²) in [6.07, 6.45) is -2.36. The van der Waals surface area contributed by atoms with E-state index in [0.29, 0.717) is 40.1 Å². The molecule has 1 saturated carbocycles. The first-order valence-corrected chi connectivity index (χ1v) is 9.93. The molecule has 4 nitrogen and oxygen atoms in total. The summed E-state index contributed by atoms with van der Waals surface area (Å²) < 4.78 is 39.4. The number of alkyl halides is 3. The quantitative estimate of drug-likeness (QED) is 0.570. The SMILES string of the molecule is Cc1cccc2c(Nc3cccc(C(F)(F)F)c3)nc(N3CC4CC4C3)c(C=O)c12. The van der Waals surface area contributed by atoms with Crippen molar-refractivity contribution < 1.29 is 18.0 Å². The van der Waals surface area contributed by atoms with Gasteiger partial charge < -0.3 is 10.2 Å². The van der Waals surface area contributed by atoms with Crippen LogP contribution in [0.25, 0.3) is 10.8 Å². The normalized spacial score (nSPS) is 20.3. The maximum Gasteiger partial charge on any atom is 0.416 e. The van der Waals surface area contributed by atoms with E-state index in [2.05, 4.69) is 10.2 Å². The standard InChI is InChI=1S/C23H20F3N3O/c1-13-4-2-7-18-20(13)19(12-30)22(29-10-14-8-15(14)11-29)28-21(18)27-17-6-3-5-16(9-17)23(24,25)26/h2-7,9,12,14-15H,8,10-11H2,1H3,(H,27,28). The molecule has 0 radical (unpaired) electrons. The van der Waals surface area contributed by atoms with E-state index >= 15 is 0 Å². The van der Waals surface area contributed by atoms with E-state index in [1.165, 1.54) is 12.5 Å². The monoisotopic (exact) mass is 411 g/mol. The first kappa shape index (κ1) is 18.9. The number of carbonyl (C=O) groups is 1. The number of aldehydes is 1. The third-order valence-corrected chi connectivity index (χ3v) is 6.10. The molecule has 0 bridgehead atoms. The number of aryl methyl sites for hydroxylation is 1. The second kappa shape index (κ2) is 6.72. The van der Waals surface area contributed by atoms with Gasteiger partial charge in [0, 0.05) is 29.5 Å². The van der Waals surface area contributed by atoms with E-state index < -0.39 is 11.7 Å². The number of benzene rings is 2. The lowest BCUT2D eigenvalue weighted by Gasteiger charge is -2.24. The predicted octanol–water partition coefficient (Wildman–Crippen LogP) is 5.57. The van der Waals surface area contributed by atoms with Gasteiger partial charge in [-0.05, 0) is 48.9 Å². The largest absolute Gasteiger partial charge is 0.416 e. The summed E-state index contributed by atoms with van der Waals surface area (Å²) in [5, 5.41) is 4.57. The summed E-state index contributed by atoms with van der Waals surface area (Å²) in [5.74, 6) is 2.36. The van der Waals surface area contributed by atoms with E-state index in [1.54, 1.807) is 6.07 Å². The molecule has 1 N–H and O–H groups in total. The van der Waals surface area contributed by atoms with Crippen LogP contribution in [0, 0.1) is 18.8 Å². The number of carbonyl (C=O) groups excluding carboxylic acids is 1. The molecule has 5 rings (SSSR count). The van der Waals surface area contributed by atoms with Crippen LogP contribution in [-0.2, 0) is 6.18 Å². The molecular weight excluding hydrogens is 391 g/mol. The molecule has 30 heavy (non-hydrogen) atoms. The highest BCUT2D eigenvalue weighted by Crippen LogP contribution is 2.47. The second-order valence-corrected chi connectivity index (χ2v) is 8.18. The number of aromatic nitrogens is 1. The summed E-state index contributed by atoms with van der Waals surface area (Å²) in [4.78, 5) is 18.9. The molecule has 1 aromatic heterocycles. The Balaban J connectivity index is 1.64. The van der Waals surface area contributed by atoms with Gasteiger partial charge in [-0.15, -0.1) is 0 Å². The van der Waals surface area contributed by atoms with Gasteiger partial charge in [0.1, 0.15) is 11.6 Å². The van der Waals surface area contributed by atoms with Crippen LogP contribution in [0.1, 0.15) is 27.9 Å². The second-order valence-electron chi connectivity index (χ2n) is 8.18.